The van der Waals surface area contributed by atoms with E-state index in [1.54, 1.807) is 14.0 Å². The lowest BCUT2D eigenvalue weighted by molar-refractivity contribution is -0.123. The van der Waals surface area contributed by atoms with Crippen molar-refractivity contribution >= 4 is 11.9 Å². The molecule has 0 saturated heterocycles. The first-order chi connectivity index (χ1) is 7.06. The number of Topliss-reactive ketones (excluding diaryl/α,β-unsaturated/α-hetero) is 1. The third kappa shape index (κ3) is 4.75. The molecule has 0 aromatic rings. The fraction of sp³-hybridized carbons (Fsp3) is 0.778. The Kier molecular flexibility index (Phi) is 6.64. The summed E-state index contributed by atoms with van der Waals surface area (Å²) in [5, 5.41) is 5.15. The first-order valence-electron chi connectivity index (χ1n) is 4.61. The van der Waals surface area contributed by atoms with Crippen LogP contribution >= 0.6 is 0 Å². The van der Waals surface area contributed by atoms with Crippen LogP contribution in [0.3, 0.4) is 0 Å². The smallest absolute Gasteiger partial charge is 0.407 e. The van der Waals surface area contributed by atoms with Gasteiger partial charge in [-0.05, 0) is 14.0 Å². The van der Waals surface area contributed by atoms with Gasteiger partial charge in [0.1, 0.15) is 6.04 Å². The Hall–Kier alpha value is -1.14. The quantitative estimate of drug-likeness (QED) is 0.630. The van der Waals surface area contributed by atoms with Crippen molar-refractivity contribution < 1.29 is 19.1 Å². The van der Waals surface area contributed by atoms with E-state index in [1.807, 2.05) is 0 Å². The molecule has 2 N–H and O–H groups in total. The van der Waals surface area contributed by atoms with Crippen molar-refractivity contribution in [2.45, 2.75) is 19.1 Å². The van der Waals surface area contributed by atoms with Crippen molar-refractivity contribution in [1.29, 1.82) is 0 Å². The zero-order chi connectivity index (χ0) is 11.8. The fourth-order valence-electron chi connectivity index (χ4n) is 1.07. The minimum Gasteiger partial charge on any atom is -0.453 e. The Morgan fingerprint density at radius 2 is 1.93 bits per heavy atom. The van der Waals surface area contributed by atoms with Gasteiger partial charge in [0.2, 0.25) is 0 Å². The lowest BCUT2D eigenvalue weighted by atomic mass is 10.1. The second kappa shape index (κ2) is 7.19. The number of hydrogen-bond acceptors (Lipinski definition) is 5. The summed E-state index contributed by atoms with van der Waals surface area (Å²) in [6.45, 7) is 1.87. The number of alkyl carbamates (subject to hydrolysis) is 1. The largest absolute Gasteiger partial charge is 0.453 e. The van der Waals surface area contributed by atoms with Gasteiger partial charge in [-0.2, -0.15) is 0 Å². The predicted octanol–water partition coefficient (Wildman–Crippen LogP) is -0.466. The average molecular weight is 218 g/mol. The normalized spacial score (nSPS) is 14.1. The van der Waals surface area contributed by atoms with E-state index < -0.39 is 18.2 Å². The molecule has 0 saturated carbocycles. The molecule has 6 nitrogen and oxygen atoms in total. The number of carbonyl (C=O) groups excluding carboxylic acids is 2. The molecule has 1 amide bonds. The summed E-state index contributed by atoms with van der Waals surface area (Å²) in [6, 6.07) is -0.699. The van der Waals surface area contributed by atoms with E-state index in [2.05, 4.69) is 15.4 Å². The van der Waals surface area contributed by atoms with Crippen molar-refractivity contribution in [3.63, 3.8) is 0 Å². The van der Waals surface area contributed by atoms with E-state index >= 15 is 0 Å². The van der Waals surface area contributed by atoms with Gasteiger partial charge >= 0.3 is 6.09 Å². The molecule has 1 unspecified atom stereocenters. The highest BCUT2D eigenvalue weighted by Crippen LogP contribution is 1.99. The van der Waals surface area contributed by atoms with Crippen molar-refractivity contribution in [2.75, 3.05) is 27.8 Å². The van der Waals surface area contributed by atoms with Crippen LogP contribution in [0.5, 0.6) is 0 Å². The third-order valence-corrected chi connectivity index (χ3v) is 2.00. The highest BCUT2D eigenvalue weighted by atomic mass is 16.5. The summed E-state index contributed by atoms with van der Waals surface area (Å²) < 4.78 is 9.43. The van der Waals surface area contributed by atoms with Crippen molar-refractivity contribution in [2.24, 2.45) is 0 Å². The number of methoxy groups -OCH3 is 2. The van der Waals surface area contributed by atoms with E-state index in [0.717, 1.165) is 0 Å². The molecule has 15 heavy (non-hydrogen) atoms. The van der Waals surface area contributed by atoms with E-state index in [-0.39, 0.29) is 12.3 Å². The number of likely N-dealkylation sites (N-methyl/N-ethyl adjacent to an activating group) is 1. The molecule has 0 heterocycles. The number of carbonyl (C=O) groups is 2. The molecular formula is C9H18N2O4. The zero-order valence-corrected chi connectivity index (χ0v) is 9.49. The van der Waals surface area contributed by atoms with Gasteiger partial charge in [-0.3, -0.25) is 4.79 Å². The summed E-state index contributed by atoms with van der Waals surface area (Å²) in [5.41, 5.74) is 0. The van der Waals surface area contributed by atoms with Gasteiger partial charge in [-0.25, -0.2) is 4.79 Å². The number of rotatable bonds is 6. The Morgan fingerprint density at radius 1 is 1.33 bits per heavy atom. The van der Waals surface area contributed by atoms with Gasteiger partial charge in [-0.1, -0.05) is 0 Å². The molecule has 0 spiro atoms. The molecule has 0 aliphatic heterocycles. The van der Waals surface area contributed by atoms with Crippen molar-refractivity contribution in [3.05, 3.63) is 0 Å². The lowest BCUT2D eigenvalue weighted by Crippen LogP contribution is -2.50. The lowest BCUT2D eigenvalue weighted by Gasteiger charge is -2.22. The van der Waals surface area contributed by atoms with Crippen LogP contribution in [0.15, 0.2) is 0 Å². The minimum absolute atomic E-state index is 0.155. The number of hydrogen-bond donors (Lipinski definition) is 2. The van der Waals surface area contributed by atoms with Crippen LogP contribution in [0, 0.1) is 0 Å². The zero-order valence-electron chi connectivity index (χ0n) is 9.49. The molecule has 0 radical (unpaired) electrons. The van der Waals surface area contributed by atoms with Crippen LogP contribution in [0.1, 0.15) is 6.92 Å². The standard InChI is InChI=1S/C9H18N2O4/c1-6(14-3)8(7(12)5-10-2)11-9(13)15-4/h6,8,10H,5H2,1-4H3,(H,11,13)/t6-,8?/m0/s1. The molecule has 6 heteroatoms. The first kappa shape index (κ1) is 13.9. The van der Waals surface area contributed by atoms with E-state index in [4.69, 9.17) is 4.74 Å². The maximum absolute atomic E-state index is 11.6. The van der Waals surface area contributed by atoms with Gasteiger partial charge < -0.3 is 20.1 Å². The summed E-state index contributed by atoms with van der Waals surface area (Å²) in [7, 11) is 4.38. The van der Waals surface area contributed by atoms with Gasteiger partial charge in [0.25, 0.3) is 0 Å². The number of amides is 1. The average Bonchev–Trinajstić information content (AvgIpc) is 2.24. The molecule has 0 aliphatic rings. The molecule has 0 rings (SSSR count). The first-order valence-corrected chi connectivity index (χ1v) is 4.61. The highest BCUT2D eigenvalue weighted by Gasteiger charge is 2.26. The molecule has 0 aromatic heterocycles. The monoisotopic (exact) mass is 218 g/mol. The van der Waals surface area contributed by atoms with Gasteiger partial charge in [0.05, 0.1) is 19.8 Å². The van der Waals surface area contributed by atoms with Crippen molar-refractivity contribution in [3.8, 4) is 0 Å². The Morgan fingerprint density at radius 3 is 2.33 bits per heavy atom. The van der Waals surface area contributed by atoms with Gasteiger partial charge in [0, 0.05) is 7.11 Å². The van der Waals surface area contributed by atoms with Crippen LogP contribution in [0.2, 0.25) is 0 Å². The molecular weight excluding hydrogens is 200 g/mol. The SMILES string of the molecule is CNCC(=O)C(NC(=O)OC)[C@H](C)OC. The van der Waals surface area contributed by atoms with Gasteiger partial charge in [-0.15, -0.1) is 0 Å². The summed E-state index contributed by atoms with van der Waals surface area (Å²) in [5.74, 6) is -0.155. The molecule has 0 aromatic carbocycles. The van der Waals surface area contributed by atoms with Crippen LogP contribution in [0.4, 0.5) is 4.79 Å². The van der Waals surface area contributed by atoms with Crippen LogP contribution in [-0.2, 0) is 14.3 Å². The predicted molar refractivity (Wildman–Crippen MR) is 54.7 cm³/mol. The number of ketones is 1. The molecule has 0 fully saturated rings. The molecule has 0 aliphatic carbocycles. The minimum atomic E-state index is -0.699. The van der Waals surface area contributed by atoms with Crippen molar-refractivity contribution in [1.82, 2.24) is 10.6 Å². The molecule has 88 valence electrons. The molecule has 2 atom stereocenters. The Labute approximate surface area is 89.3 Å². The summed E-state index contributed by atoms with van der Waals surface area (Å²) >= 11 is 0. The topological polar surface area (TPSA) is 76.7 Å². The number of ether oxygens (including phenoxy) is 2. The second-order valence-corrected chi connectivity index (χ2v) is 3.05. The van der Waals surface area contributed by atoms with Gasteiger partial charge in [0.15, 0.2) is 5.78 Å². The van der Waals surface area contributed by atoms with E-state index in [1.165, 1.54) is 14.2 Å². The Bertz CT molecular complexity index is 220. The summed E-state index contributed by atoms with van der Waals surface area (Å²) in [6.07, 6.45) is -1.04. The van der Waals surface area contributed by atoms with Crippen LogP contribution in [-0.4, -0.2) is 51.8 Å². The number of nitrogens with one attached hydrogen (secondary N) is 2. The summed E-state index contributed by atoms with van der Waals surface area (Å²) in [4.78, 5) is 22.6. The maximum atomic E-state index is 11.6. The second-order valence-electron chi connectivity index (χ2n) is 3.05. The maximum Gasteiger partial charge on any atom is 0.407 e. The van der Waals surface area contributed by atoms with Crippen LogP contribution in [0.25, 0.3) is 0 Å². The van der Waals surface area contributed by atoms with E-state index in [0.29, 0.717) is 0 Å². The molecule has 0 bridgehead atoms. The Balaban J connectivity index is 4.43. The van der Waals surface area contributed by atoms with E-state index in [9.17, 15) is 9.59 Å². The van der Waals surface area contributed by atoms with Crippen LogP contribution < -0.4 is 10.6 Å². The fourth-order valence-corrected chi connectivity index (χ4v) is 1.07. The third-order valence-electron chi connectivity index (χ3n) is 2.00. The highest BCUT2D eigenvalue weighted by molar-refractivity contribution is 5.89.